The average Bonchev–Trinajstić information content (AvgIpc) is 2.69. The fourth-order valence-electron chi connectivity index (χ4n) is 5.02. The molecule has 1 aromatic rings. The van der Waals surface area contributed by atoms with E-state index in [0.29, 0.717) is 0 Å². The number of likely N-dealkylation sites (N-methyl/N-ethyl adjacent to an activating group) is 1. The summed E-state index contributed by atoms with van der Waals surface area (Å²) in [7, 11) is 2.08. The Morgan fingerprint density at radius 1 is 1.04 bits per heavy atom. The average molecular weight is 355 g/mol. The summed E-state index contributed by atoms with van der Waals surface area (Å²) in [5.41, 5.74) is 0.919. The van der Waals surface area contributed by atoms with Crippen LogP contribution in [0, 0.1) is 5.41 Å². The van der Waals surface area contributed by atoms with Crippen LogP contribution >= 0.6 is 0 Å². The van der Waals surface area contributed by atoms with Crippen LogP contribution < -0.4 is 0 Å². The molecule has 1 aromatic carbocycles. The molecule has 5 nitrogen and oxygen atoms in total. The molecule has 1 unspecified atom stereocenters. The monoisotopic (exact) mass is 355 g/mol. The summed E-state index contributed by atoms with van der Waals surface area (Å²) in [6.45, 7) is 3.57. The molecule has 1 atom stereocenters. The second-order valence-corrected chi connectivity index (χ2v) is 8.15. The highest BCUT2D eigenvalue weighted by molar-refractivity contribution is 5.94. The third-order valence-electron chi connectivity index (χ3n) is 6.54. The second kappa shape index (κ2) is 7.03. The molecule has 0 aromatic heterocycles. The van der Waals surface area contributed by atoms with Gasteiger partial charge in [0.25, 0.3) is 0 Å². The lowest BCUT2D eigenvalue weighted by Gasteiger charge is -2.58. The Kier molecular flexibility index (Phi) is 4.74. The Balaban J connectivity index is 1.53. The quantitative estimate of drug-likeness (QED) is 0.782. The van der Waals surface area contributed by atoms with Crippen molar-refractivity contribution < 1.29 is 9.59 Å². The van der Waals surface area contributed by atoms with Crippen LogP contribution in [0.25, 0.3) is 0 Å². The zero-order valence-corrected chi connectivity index (χ0v) is 15.7. The number of hydrogen-bond donors (Lipinski definition) is 0. The van der Waals surface area contributed by atoms with Crippen molar-refractivity contribution in [3.63, 3.8) is 0 Å². The van der Waals surface area contributed by atoms with E-state index < -0.39 is 0 Å². The summed E-state index contributed by atoms with van der Waals surface area (Å²) in [6, 6.07) is 10.4. The van der Waals surface area contributed by atoms with Crippen LogP contribution in [0.1, 0.15) is 43.7 Å². The molecular formula is C21H29N3O2. The lowest BCUT2D eigenvalue weighted by atomic mass is 9.60. The maximum absolute atomic E-state index is 13.1. The highest BCUT2D eigenvalue weighted by Crippen LogP contribution is 2.57. The Morgan fingerprint density at radius 3 is 2.35 bits per heavy atom. The van der Waals surface area contributed by atoms with Crippen molar-refractivity contribution in [2.24, 2.45) is 5.41 Å². The zero-order valence-electron chi connectivity index (χ0n) is 15.7. The van der Waals surface area contributed by atoms with E-state index >= 15 is 0 Å². The van der Waals surface area contributed by atoms with Gasteiger partial charge in [0.05, 0.1) is 11.5 Å². The number of piperazine rings is 1. The van der Waals surface area contributed by atoms with Gasteiger partial charge in [0.1, 0.15) is 6.54 Å². The van der Waals surface area contributed by atoms with Crippen LogP contribution in [-0.4, -0.2) is 66.3 Å². The number of carbonyl (C=O) groups is 2. The summed E-state index contributed by atoms with van der Waals surface area (Å²) >= 11 is 0. The maximum Gasteiger partial charge on any atom is 0.242 e. The fourth-order valence-corrected chi connectivity index (χ4v) is 5.02. The number of benzene rings is 1. The fraction of sp³-hybridized carbons (Fsp3) is 0.619. The van der Waals surface area contributed by atoms with Crippen molar-refractivity contribution in [2.75, 3.05) is 39.8 Å². The number of hydrogen-bond acceptors (Lipinski definition) is 3. The van der Waals surface area contributed by atoms with Gasteiger partial charge >= 0.3 is 0 Å². The molecule has 2 heterocycles. The number of β-lactam (4-membered cyclic amide) rings is 1. The minimum Gasteiger partial charge on any atom is -0.339 e. The number of likely N-dealkylation sites (tertiary alicyclic amines) is 1. The van der Waals surface area contributed by atoms with Gasteiger partial charge in [0, 0.05) is 26.2 Å². The Hall–Kier alpha value is -1.88. The first kappa shape index (κ1) is 17.5. The zero-order chi connectivity index (χ0) is 18.1. The second-order valence-electron chi connectivity index (χ2n) is 8.15. The first-order chi connectivity index (χ1) is 12.6. The van der Waals surface area contributed by atoms with Gasteiger partial charge in [0.2, 0.25) is 11.8 Å². The molecule has 1 aliphatic carbocycles. The summed E-state index contributed by atoms with van der Waals surface area (Å²) in [5.74, 6) is 0.298. The van der Waals surface area contributed by atoms with E-state index in [2.05, 4.69) is 24.1 Å². The molecule has 2 saturated heterocycles. The molecule has 2 amide bonds. The van der Waals surface area contributed by atoms with E-state index in [4.69, 9.17) is 0 Å². The first-order valence-electron chi connectivity index (χ1n) is 9.94. The number of carbonyl (C=O) groups excluding carboxylic acids is 2. The van der Waals surface area contributed by atoms with Gasteiger partial charge in [-0.15, -0.1) is 0 Å². The largest absolute Gasteiger partial charge is 0.339 e. The minimum absolute atomic E-state index is 0.0629. The van der Waals surface area contributed by atoms with Crippen LogP contribution in [0.3, 0.4) is 0 Å². The standard InChI is InChI=1S/C21H29N3O2/c1-22-12-14-23(15-13-22)18(25)16-24-19(17-8-4-2-5-9-17)21(20(24)26)10-6-3-7-11-21/h2,4-5,8-9,19H,3,6-7,10-16H2,1H3. The summed E-state index contributed by atoms with van der Waals surface area (Å²) in [6.07, 6.45) is 5.39. The normalized spacial score (nSPS) is 26.0. The van der Waals surface area contributed by atoms with E-state index in [1.165, 1.54) is 12.0 Å². The molecule has 0 radical (unpaired) electrons. The molecule has 4 rings (SSSR count). The van der Waals surface area contributed by atoms with Gasteiger partial charge in [-0.05, 0) is 25.5 Å². The van der Waals surface area contributed by atoms with E-state index in [1.807, 2.05) is 28.0 Å². The smallest absolute Gasteiger partial charge is 0.242 e. The molecule has 0 bridgehead atoms. The van der Waals surface area contributed by atoms with Crippen molar-refractivity contribution in [3.05, 3.63) is 35.9 Å². The van der Waals surface area contributed by atoms with Gasteiger partial charge in [-0.3, -0.25) is 9.59 Å². The van der Waals surface area contributed by atoms with E-state index in [0.717, 1.165) is 51.9 Å². The van der Waals surface area contributed by atoms with Crippen molar-refractivity contribution in [1.29, 1.82) is 0 Å². The van der Waals surface area contributed by atoms with Gasteiger partial charge < -0.3 is 14.7 Å². The van der Waals surface area contributed by atoms with Crippen molar-refractivity contribution >= 4 is 11.8 Å². The molecule has 140 valence electrons. The van der Waals surface area contributed by atoms with Crippen LogP contribution in [0.15, 0.2) is 30.3 Å². The predicted octanol–water partition coefficient (Wildman–Crippen LogP) is 2.29. The predicted molar refractivity (Wildman–Crippen MR) is 100 cm³/mol. The molecule has 3 aliphatic rings. The van der Waals surface area contributed by atoms with Gasteiger partial charge in [-0.1, -0.05) is 49.6 Å². The molecular weight excluding hydrogens is 326 g/mol. The van der Waals surface area contributed by atoms with Crippen molar-refractivity contribution in [1.82, 2.24) is 14.7 Å². The Labute approximate surface area is 155 Å². The molecule has 5 heteroatoms. The van der Waals surface area contributed by atoms with Crippen LogP contribution in [-0.2, 0) is 9.59 Å². The van der Waals surface area contributed by atoms with E-state index in [9.17, 15) is 9.59 Å². The molecule has 26 heavy (non-hydrogen) atoms. The van der Waals surface area contributed by atoms with E-state index in [1.54, 1.807) is 0 Å². The molecule has 3 fully saturated rings. The van der Waals surface area contributed by atoms with Crippen LogP contribution in [0.4, 0.5) is 0 Å². The van der Waals surface area contributed by atoms with Crippen LogP contribution in [0.5, 0.6) is 0 Å². The molecule has 2 aliphatic heterocycles. The van der Waals surface area contributed by atoms with Gasteiger partial charge in [0.15, 0.2) is 0 Å². The topological polar surface area (TPSA) is 43.9 Å². The molecule has 1 spiro atoms. The van der Waals surface area contributed by atoms with E-state index in [-0.39, 0.29) is 29.8 Å². The number of nitrogens with zero attached hydrogens (tertiary/aromatic N) is 3. The van der Waals surface area contributed by atoms with Crippen molar-refractivity contribution in [2.45, 2.75) is 38.1 Å². The maximum atomic E-state index is 13.1. The first-order valence-corrected chi connectivity index (χ1v) is 9.94. The summed E-state index contributed by atoms with van der Waals surface area (Å²) in [4.78, 5) is 32.0. The van der Waals surface area contributed by atoms with Crippen LogP contribution in [0.2, 0.25) is 0 Å². The lowest BCUT2D eigenvalue weighted by molar-refractivity contribution is -0.181. The molecule has 1 saturated carbocycles. The van der Waals surface area contributed by atoms with Gasteiger partial charge in [-0.2, -0.15) is 0 Å². The highest BCUT2D eigenvalue weighted by atomic mass is 16.2. The third kappa shape index (κ3) is 2.92. The Bertz CT molecular complexity index is 661. The SMILES string of the molecule is CN1CCN(C(=O)CN2C(=O)C3(CCCCC3)C2c2ccccc2)CC1. The minimum atomic E-state index is -0.262. The lowest BCUT2D eigenvalue weighted by Crippen LogP contribution is -2.66. The number of rotatable bonds is 3. The van der Waals surface area contributed by atoms with Crippen molar-refractivity contribution in [3.8, 4) is 0 Å². The Morgan fingerprint density at radius 2 is 1.69 bits per heavy atom. The molecule has 0 N–H and O–H groups in total. The highest BCUT2D eigenvalue weighted by Gasteiger charge is 2.60. The third-order valence-corrected chi connectivity index (χ3v) is 6.54. The summed E-state index contributed by atoms with van der Waals surface area (Å²) < 4.78 is 0. The number of amides is 2. The van der Waals surface area contributed by atoms with Gasteiger partial charge in [-0.25, -0.2) is 0 Å². The summed E-state index contributed by atoms with van der Waals surface area (Å²) in [5, 5.41) is 0.